The molecule has 2 aromatic rings. The Hall–Kier alpha value is -2.18. The van der Waals surface area contributed by atoms with E-state index in [1.54, 1.807) is 12.5 Å². The molecule has 7 nitrogen and oxygen atoms in total. The first kappa shape index (κ1) is 14.2. The number of carbonyl (C=O) groups excluding carboxylic acids is 1. The molecule has 0 radical (unpaired) electrons. The minimum Gasteiger partial charge on any atom is -0.346 e. The second-order valence-electron chi connectivity index (χ2n) is 4.68. The largest absolute Gasteiger partial charge is 0.346 e. The lowest BCUT2D eigenvalue weighted by Crippen LogP contribution is -2.29. The van der Waals surface area contributed by atoms with E-state index in [-0.39, 0.29) is 11.9 Å². The van der Waals surface area contributed by atoms with Crippen molar-refractivity contribution in [3.8, 4) is 0 Å². The standard InChI is InChI=1S/C13H20N6O/c1-3-6-19-13(15-9-16-19)11(2)17-12(20)4-7-18-8-5-14-10-18/h5,8-11H,3-4,6-7H2,1-2H3,(H,17,20)/t11-/m0/s1. The summed E-state index contributed by atoms with van der Waals surface area (Å²) in [5, 5.41) is 7.11. The molecule has 108 valence electrons. The molecular formula is C13H20N6O. The van der Waals surface area contributed by atoms with Crippen molar-refractivity contribution in [3.63, 3.8) is 0 Å². The van der Waals surface area contributed by atoms with E-state index >= 15 is 0 Å². The molecule has 2 aromatic heterocycles. The number of hydrogen-bond acceptors (Lipinski definition) is 4. The lowest BCUT2D eigenvalue weighted by molar-refractivity contribution is -0.122. The van der Waals surface area contributed by atoms with Gasteiger partial charge in [0, 0.05) is 31.9 Å². The van der Waals surface area contributed by atoms with Gasteiger partial charge in [0.2, 0.25) is 5.91 Å². The maximum Gasteiger partial charge on any atom is 0.222 e. The fourth-order valence-corrected chi connectivity index (χ4v) is 2.02. The number of nitrogens with zero attached hydrogens (tertiary/aromatic N) is 5. The van der Waals surface area contributed by atoms with E-state index in [0.717, 1.165) is 18.8 Å². The molecule has 2 rings (SSSR count). The molecule has 0 unspecified atom stereocenters. The molecule has 0 saturated heterocycles. The quantitative estimate of drug-likeness (QED) is 0.823. The van der Waals surface area contributed by atoms with Crippen LogP contribution in [0.25, 0.3) is 0 Å². The monoisotopic (exact) mass is 276 g/mol. The SMILES string of the molecule is CCCn1ncnc1[C@H](C)NC(=O)CCn1ccnc1. The van der Waals surface area contributed by atoms with E-state index in [2.05, 4.69) is 27.3 Å². The average molecular weight is 276 g/mol. The van der Waals surface area contributed by atoms with E-state index in [1.165, 1.54) is 6.33 Å². The van der Waals surface area contributed by atoms with Gasteiger partial charge in [-0.25, -0.2) is 14.6 Å². The highest BCUT2D eigenvalue weighted by atomic mass is 16.1. The van der Waals surface area contributed by atoms with E-state index < -0.39 is 0 Å². The van der Waals surface area contributed by atoms with E-state index in [9.17, 15) is 4.79 Å². The minimum absolute atomic E-state index is 0.00255. The van der Waals surface area contributed by atoms with E-state index in [0.29, 0.717) is 13.0 Å². The van der Waals surface area contributed by atoms with Crippen LogP contribution in [0.5, 0.6) is 0 Å². The third kappa shape index (κ3) is 3.66. The van der Waals surface area contributed by atoms with Crippen molar-refractivity contribution in [1.82, 2.24) is 29.6 Å². The molecule has 1 atom stereocenters. The summed E-state index contributed by atoms with van der Waals surface area (Å²) < 4.78 is 3.71. The van der Waals surface area contributed by atoms with Gasteiger partial charge in [0.1, 0.15) is 12.2 Å². The molecule has 1 amide bonds. The summed E-state index contributed by atoms with van der Waals surface area (Å²) in [7, 11) is 0. The molecule has 0 aromatic carbocycles. The van der Waals surface area contributed by atoms with E-state index in [4.69, 9.17) is 0 Å². The molecule has 1 N–H and O–H groups in total. The highest BCUT2D eigenvalue weighted by Gasteiger charge is 2.15. The first-order chi connectivity index (χ1) is 9.70. The number of hydrogen-bond donors (Lipinski definition) is 1. The van der Waals surface area contributed by atoms with Crippen molar-refractivity contribution in [1.29, 1.82) is 0 Å². The second-order valence-corrected chi connectivity index (χ2v) is 4.68. The molecule has 7 heteroatoms. The summed E-state index contributed by atoms with van der Waals surface area (Å²) in [6, 6.07) is -0.140. The molecule has 0 aliphatic rings. The van der Waals surface area contributed by atoms with Crippen LogP contribution in [0, 0.1) is 0 Å². The zero-order valence-corrected chi connectivity index (χ0v) is 11.9. The first-order valence-corrected chi connectivity index (χ1v) is 6.83. The number of carbonyl (C=O) groups is 1. The van der Waals surface area contributed by atoms with Crippen molar-refractivity contribution in [2.45, 2.75) is 45.8 Å². The van der Waals surface area contributed by atoms with E-state index in [1.807, 2.05) is 22.4 Å². The predicted molar refractivity (Wildman–Crippen MR) is 73.7 cm³/mol. The maximum absolute atomic E-state index is 11.9. The Morgan fingerprint density at radius 1 is 1.45 bits per heavy atom. The summed E-state index contributed by atoms with van der Waals surface area (Å²) in [4.78, 5) is 20.1. The van der Waals surface area contributed by atoms with Crippen LogP contribution >= 0.6 is 0 Å². The Morgan fingerprint density at radius 2 is 2.30 bits per heavy atom. The number of amides is 1. The number of rotatable bonds is 7. The van der Waals surface area contributed by atoms with Crippen molar-refractivity contribution in [3.05, 3.63) is 30.9 Å². The van der Waals surface area contributed by atoms with Crippen molar-refractivity contribution in [2.75, 3.05) is 0 Å². The minimum atomic E-state index is -0.140. The molecule has 20 heavy (non-hydrogen) atoms. The van der Waals surface area contributed by atoms with Crippen LogP contribution in [0.2, 0.25) is 0 Å². The van der Waals surface area contributed by atoms with Gasteiger partial charge in [0.25, 0.3) is 0 Å². The van der Waals surface area contributed by atoms with Crippen molar-refractivity contribution >= 4 is 5.91 Å². The van der Waals surface area contributed by atoms with Gasteiger partial charge in [-0.1, -0.05) is 6.92 Å². The lowest BCUT2D eigenvalue weighted by atomic mass is 10.3. The Labute approximate surface area is 118 Å². The van der Waals surface area contributed by atoms with Crippen molar-refractivity contribution in [2.24, 2.45) is 0 Å². The predicted octanol–water partition coefficient (Wildman–Crippen LogP) is 1.15. The molecule has 0 saturated carbocycles. The number of aromatic nitrogens is 5. The Balaban J connectivity index is 1.85. The zero-order chi connectivity index (χ0) is 14.4. The van der Waals surface area contributed by atoms with Crippen LogP contribution in [0.15, 0.2) is 25.0 Å². The van der Waals surface area contributed by atoms with Gasteiger partial charge in [-0.15, -0.1) is 0 Å². The highest BCUT2D eigenvalue weighted by Crippen LogP contribution is 2.09. The van der Waals surface area contributed by atoms with Crippen LogP contribution in [-0.2, 0) is 17.9 Å². The zero-order valence-electron chi connectivity index (χ0n) is 11.9. The van der Waals surface area contributed by atoms with Crippen LogP contribution in [0.3, 0.4) is 0 Å². The third-order valence-electron chi connectivity index (χ3n) is 3.00. The first-order valence-electron chi connectivity index (χ1n) is 6.83. The highest BCUT2D eigenvalue weighted by molar-refractivity contribution is 5.76. The lowest BCUT2D eigenvalue weighted by Gasteiger charge is -2.14. The molecule has 0 aliphatic carbocycles. The van der Waals surface area contributed by atoms with Gasteiger partial charge >= 0.3 is 0 Å². The van der Waals surface area contributed by atoms with Gasteiger partial charge in [-0.05, 0) is 13.3 Å². The molecule has 0 bridgehead atoms. The second kappa shape index (κ2) is 6.83. The number of nitrogens with one attached hydrogen (secondary N) is 1. The number of imidazole rings is 1. The molecule has 0 fully saturated rings. The van der Waals surface area contributed by atoms with Gasteiger partial charge in [0.15, 0.2) is 0 Å². The summed E-state index contributed by atoms with van der Waals surface area (Å²) in [5.41, 5.74) is 0. The average Bonchev–Trinajstić information content (AvgIpc) is 3.07. The van der Waals surface area contributed by atoms with Gasteiger partial charge in [-0.3, -0.25) is 4.79 Å². The van der Waals surface area contributed by atoms with Crippen LogP contribution < -0.4 is 5.32 Å². The summed E-state index contributed by atoms with van der Waals surface area (Å²) >= 11 is 0. The van der Waals surface area contributed by atoms with Gasteiger partial charge < -0.3 is 9.88 Å². The fourth-order valence-electron chi connectivity index (χ4n) is 2.02. The molecule has 2 heterocycles. The smallest absolute Gasteiger partial charge is 0.222 e. The van der Waals surface area contributed by atoms with Crippen molar-refractivity contribution < 1.29 is 4.79 Å². The summed E-state index contributed by atoms with van der Waals surface area (Å²) in [6.45, 7) is 5.44. The normalized spacial score (nSPS) is 12.3. The summed E-state index contributed by atoms with van der Waals surface area (Å²) in [6.07, 6.45) is 8.18. The Kier molecular flexibility index (Phi) is 4.86. The summed E-state index contributed by atoms with van der Waals surface area (Å²) in [5.74, 6) is 0.792. The topological polar surface area (TPSA) is 77.6 Å². The number of aryl methyl sites for hydroxylation is 2. The molecular weight excluding hydrogens is 256 g/mol. The van der Waals surface area contributed by atoms with Gasteiger partial charge in [0.05, 0.1) is 12.4 Å². The van der Waals surface area contributed by atoms with Crippen LogP contribution in [0.4, 0.5) is 0 Å². The fraction of sp³-hybridized carbons (Fsp3) is 0.538. The molecule has 0 aliphatic heterocycles. The third-order valence-corrected chi connectivity index (χ3v) is 3.00. The Morgan fingerprint density at radius 3 is 3.00 bits per heavy atom. The Bertz CT molecular complexity index is 533. The van der Waals surface area contributed by atoms with Crippen LogP contribution in [0.1, 0.15) is 38.6 Å². The van der Waals surface area contributed by atoms with Gasteiger partial charge in [-0.2, -0.15) is 5.10 Å². The maximum atomic E-state index is 11.9. The molecule has 0 spiro atoms. The van der Waals surface area contributed by atoms with Crippen LogP contribution in [-0.4, -0.2) is 30.2 Å².